The van der Waals surface area contributed by atoms with Crippen LogP contribution in [-0.2, 0) is 7.05 Å². The van der Waals surface area contributed by atoms with E-state index in [4.69, 9.17) is 0 Å². The summed E-state index contributed by atoms with van der Waals surface area (Å²) in [5.41, 5.74) is 3.42. The standard InChI is InChI=1S/C12H13NO2/c1-6-5-9(14)10-7(2)13(4)8(3)11(10)12(6)15/h5H,1-4H3. The zero-order valence-corrected chi connectivity index (χ0v) is 9.34. The van der Waals surface area contributed by atoms with Crippen molar-refractivity contribution in [1.82, 2.24) is 4.57 Å². The third kappa shape index (κ3) is 1.12. The number of ketones is 2. The molecule has 0 N–H and O–H groups in total. The molecule has 0 bridgehead atoms. The first-order valence-electron chi connectivity index (χ1n) is 4.88. The summed E-state index contributed by atoms with van der Waals surface area (Å²) < 4.78 is 1.90. The van der Waals surface area contributed by atoms with Crippen molar-refractivity contribution in [3.63, 3.8) is 0 Å². The molecule has 2 rings (SSSR count). The van der Waals surface area contributed by atoms with Gasteiger partial charge >= 0.3 is 0 Å². The van der Waals surface area contributed by atoms with Gasteiger partial charge in [0.25, 0.3) is 0 Å². The van der Waals surface area contributed by atoms with Crippen molar-refractivity contribution >= 4 is 11.6 Å². The predicted molar refractivity (Wildman–Crippen MR) is 57.3 cm³/mol. The number of carbonyl (C=O) groups is 2. The largest absolute Gasteiger partial charge is 0.351 e. The number of carbonyl (C=O) groups excluding carboxylic acids is 2. The highest BCUT2D eigenvalue weighted by Crippen LogP contribution is 2.28. The molecule has 0 saturated heterocycles. The summed E-state index contributed by atoms with van der Waals surface area (Å²) in [4.78, 5) is 23.7. The second kappa shape index (κ2) is 2.92. The summed E-state index contributed by atoms with van der Waals surface area (Å²) in [7, 11) is 1.87. The summed E-state index contributed by atoms with van der Waals surface area (Å²) >= 11 is 0. The highest BCUT2D eigenvalue weighted by molar-refractivity contribution is 6.25. The Hall–Kier alpha value is -1.64. The van der Waals surface area contributed by atoms with E-state index in [1.807, 2.05) is 25.5 Å². The number of aromatic nitrogens is 1. The van der Waals surface area contributed by atoms with Crippen LogP contribution in [0.3, 0.4) is 0 Å². The number of hydrogen-bond donors (Lipinski definition) is 0. The highest BCUT2D eigenvalue weighted by atomic mass is 16.1. The Bertz CT molecular complexity index is 518. The molecule has 1 aliphatic rings. The Kier molecular flexibility index (Phi) is 1.93. The van der Waals surface area contributed by atoms with Crippen molar-refractivity contribution < 1.29 is 9.59 Å². The fraction of sp³-hybridized carbons (Fsp3) is 0.333. The molecule has 1 aromatic rings. The van der Waals surface area contributed by atoms with Gasteiger partial charge in [0.2, 0.25) is 0 Å². The van der Waals surface area contributed by atoms with Crippen LogP contribution in [0.5, 0.6) is 0 Å². The molecule has 15 heavy (non-hydrogen) atoms. The summed E-state index contributed by atoms with van der Waals surface area (Å²) in [6, 6.07) is 0. The average molecular weight is 203 g/mol. The van der Waals surface area contributed by atoms with Crippen molar-refractivity contribution in [1.29, 1.82) is 0 Å². The fourth-order valence-corrected chi connectivity index (χ4v) is 2.06. The first-order chi connectivity index (χ1) is 6.95. The van der Waals surface area contributed by atoms with Crippen LogP contribution in [0.4, 0.5) is 0 Å². The quantitative estimate of drug-likeness (QED) is 0.646. The van der Waals surface area contributed by atoms with E-state index >= 15 is 0 Å². The van der Waals surface area contributed by atoms with Crippen molar-refractivity contribution in [2.75, 3.05) is 0 Å². The van der Waals surface area contributed by atoms with Crippen LogP contribution in [-0.4, -0.2) is 16.1 Å². The van der Waals surface area contributed by atoms with Crippen LogP contribution in [0.15, 0.2) is 11.6 Å². The third-order valence-electron chi connectivity index (χ3n) is 3.16. The molecule has 0 spiro atoms. The maximum atomic E-state index is 11.9. The van der Waals surface area contributed by atoms with Crippen LogP contribution < -0.4 is 0 Å². The Morgan fingerprint density at radius 1 is 1.00 bits per heavy atom. The third-order valence-corrected chi connectivity index (χ3v) is 3.16. The van der Waals surface area contributed by atoms with E-state index in [2.05, 4.69) is 0 Å². The fourth-order valence-electron chi connectivity index (χ4n) is 2.06. The summed E-state index contributed by atoms with van der Waals surface area (Å²) in [6.45, 7) is 5.42. The minimum absolute atomic E-state index is 0.0224. The van der Waals surface area contributed by atoms with Gasteiger partial charge in [-0.25, -0.2) is 0 Å². The molecule has 0 fully saturated rings. The number of allylic oxidation sites excluding steroid dienone is 2. The number of fused-ring (bicyclic) bond motifs is 1. The molecule has 0 aliphatic heterocycles. The van der Waals surface area contributed by atoms with Gasteiger partial charge in [0.15, 0.2) is 11.6 Å². The molecule has 3 heteroatoms. The molecule has 1 heterocycles. The number of hydrogen-bond acceptors (Lipinski definition) is 2. The topological polar surface area (TPSA) is 39.1 Å². The van der Waals surface area contributed by atoms with E-state index in [9.17, 15) is 9.59 Å². The average Bonchev–Trinajstić information content (AvgIpc) is 2.40. The molecule has 1 aromatic heterocycles. The second-order valence-corrected chi connectivity index (χ2v) is 4.00. The Balaban J connectivity index is 2.83. The van der Waals surface area contributed by atoms with Gasteiger partial charge in [-0.1, -0.05) is 0 Å². The number of rotatable bonds is 0. The van der Waals surface area contributed by atoms with Gasteiger partial charge in [-0.3, -0.25) is 9.59 Å². The van der Waals surface area contributed by atoms with Gasteiger partial charge in [-0.15, -0.1) is 0 Å². The molecule has 0 radical (unpaired) electrons. The lowest BCUT2D eigenvalue weighted by atomic mass is 9.91. The van der Waals surface area contributed by atoms with E-state index < -0.39 is 0 Å². The first kappa shape index (κ1) is 9.90. The van der Waals surface area contributed by atoms with Gasteiger partial charge in [-0.2, -0.15) is 0 Å². The van der Waals surface area contributed by atoms with Crippen LogP contribution in [0, 0.1) is 13.8 Å². The Labute approximate surface area is 88.4 Å². The zero-order chi connectivity index (χ0) is 11.3. The summed E-state index contributed by atoms with van der Waals surface area (Å²) in [5.74, 6) is -0.0749. The monoisotopic (exact) mass is 203 g/mol. The number of nitrogens with zero attached hydrogens (tertiary/aromatic N) is 1. The van der Waals surface area contributed by atoms with Gasteiger partial charge in [-0.05, 0) is 26.8 Å². The van der Waals surface area contributed by atoms with Gasteiger partial charge in [0.05, 0.1) is 11.1 Å². The molecule has 0 unspecified atom stereocenters. The predicted octanol–water partition coefficient (Wildman–Crippen LogP) is 1.97. The SMILES string of the molecule is CC1=CC(=O)c2c(c(C)n(C)c2C)C1=O. The lowest BCUT2D eigenvalue weighted by Gasteiger charge is -2.09. The van der Waals surface area contributed by atoms with E-state index in [1.165, 1.54) is 6.08 Å². The van der Waals surface area contributed by atoms with Gasteiger partial charge in [0.1, 0.15) is 0 Å². The maximum Gasteiger partial charge on any atom is 0.191 e. The minimum atomic E-state index is -0.0525. The minimum Gasteiger partial charge on any atom is -0.351 e. The van der Waals surface area contributed by atoms with Gasteiger partial charge in [0, 0.05) is 24.0 Å². The molecule has 78 valence electrons. The lowest BCUT2D eigenvalue weighted by molar-refractivity contribution is 0.0984. The van der Waals surface area contributed by atoms with Crippen molar-refractivity contribution in [2.45, 2.75) is 20.8 Å². The van der Waals surface area contributed by atoms with Crippen LogP contribution >= 0.6 is 0 Å². The zero-order valence-electron chi connectivity index (χ0n) is 9.34. The molecule has 0 aromatic carbocycles. The normalized spacial score (nSPS) is 15.3. The summed E-state index contributed by atoms with van der Waals surface area (Å²) in [5, 5.41) is 0. The van der Waals surface area contributed by atoms with Crippen LogP contribution in [0.2, 0.25) is 0 Å². The molecular weight excluding hydrogens is 190 g/mol. The van der Waals surface area contributed by atoms with Crippen molar-refractivity contribution in [2.24, 2.45) is 7.05 Å². The van der Waals surface area contributed by atoms with E-state index in [0.717, 1.165) is 11.4 Å². The van der Waals surface area contributed by atoms with E-state index in [-0.39, 0.29) is 11.6 Å². The molecular formula is C12H13NO2. The van der Waals surface area contributed by atoms with Crippen molar-refractivity contribution in [3.8, 4) is 0 Å². The maximum absolute atomic E-state index is 11.9. The Morgan fingerprint density at radius 3 is 2.13 bits per heavy atom. The molecule has 3 nitrogen and oxygen atoms in total. The van der Waals surface area contributed by atoms with E-state index in [0.29, 0.717) is 16.7 Å². The summed E-state index contributed by atoms with van der Waals surface area (Å²) in [6.07, 6.45) is 1.43. The van der Waals surface area contributed by atoms with Crippen molar-refractivity contribution in [3.05, 3.63) is 34.2 Å². The van der Waals surface area contributed by atoms with Crippen LogP contribution in [0.1, 0.15) is 39.0 Å². The molecule has 0 atom stereocenters. The molecule has 1 aliphatic carbocycles. The highest BCUT2D eigenvalue weighted by Gasteiger charge is 2.29. The number of Topliss-reactive ketones (excluding diaryl/α,β-unsaturated/α-hetero) is 1. The van der Waals surface area contributed by atoms with Crippen LogP contribution in [0.25, 0.3) is 0 Å². The lowest BCUT2D eigenvalue weighted by Crippen LogP contribution is -2.15. The smallest absolute Gasteiger partial charge is 0.191 e. The molecule has 0 saturated carbocycles. The first-order valence-corrected chi connectivity index (χ1v) is 4.88. The second-order valence-electron chi connectivity index (χ2n) is 4.00. The van der Waals surface area contributed by atoms with E-state index in [1.54, 1.807) is 6.92 Å². The Morgan fingerprint density at radius 2 is 1.53 bits per heavy atom. The van der Waals surface area contributed by atoms with Gasteiger partial charge < -0.3 is 4.57 Å². The molecule has 0 amide bonds.